The Bertz CT molecular complexity index is 3990. The van der Waals surface area contributed by atoms with Gasteiger partial charge in [-0.05, 0) is 206 Å². The van der Waals surface area contributed by atoms with Crippen molar-refractivity contribution in [2.24, 2.45) is 10.8 Å². The second kappa shape index (κ2) is 17.5. The minimum Gasteiger partial charge on any atom is -0.334 e. The summed E-state index contributed by atoms with van der Waals surface area (Å²) in [6, 6.07) is 73.7. The normalized spacial score (nSPS) is 20.6. The van der Waals surface area contributed by atoms with Gasteiger partial charge in [-0.25, -0.2) is 0 Å². The van der Waals surface area contributed by atoms with E-state index in [1.165, 1.54) is 141 Å². The average Bonchev–Trinajstić information content (AvgIpc) is 4.07. The van der Waals surface area contributed by atoms with Crippen molar-refractivity contribution in [1.29, 1.82) is 0 Å². The molecule has 0 spiro atoms. The molecule has 2 unspecified atom stereocenters. The molecule has 3 aliphatic carbocycles. The third-order valence-corrected chi connectivity index (χ3v) is 20.3. The Morgan fingerprint density at radius 1 is 0.388 bits per heavy atom. The number of nitrogens with zero attached hydrogens (tertiary/aromatic N) is 3. The highest BCUT2D eigenvalue weighted by Crippen LogP contribution is 2.62. The van der Waals surface area contributed by atoms with Crippen molar-refractivity contribution in [3.05, 3.63) is 221 Å². The van der Waals surface area contributed by atoms with Crippen LogP contribution in [0.15, 0.2) is 188 Å². The summed E-state index contributed by atoms with van der Waals surface area (Å²) >= 11 is 0. The molecular weight excluding hydrogens is 966 g/mol. The van der Waals surface area contributed by atoms with Crippen LogP contribution >= 0.6 is 0 Å². The number of benzene rings is 9. The highest BCUT2D eigenvalue weighted by Gasteiger charge is 2.58. The molecule has 9 aromatic rings. The zero-order chi connectivity index (χ0) is 54.7. The first-order valence-corrected chi connectivity index (χ1v) is 29.9. The predicted octanol–water partition coefficient (Wildman–Crippen LogP) is 18.1. The van der Waals surface area contributed by atoms with E-state index in [2.05, 4.69) is 265 Å². The molecule has 4 heteroatoms. The van der Waals surface area contributed by atoms with Crippen molar-refractivity contribution in [2.45, 2.75) is 130 Å². The van der Waals surface area contributed by atoms with Gasteiger partial charge in [-0.2, -0.15) is 0 Å². The zero-order valence-corrected chi connectivity index (χ0v) is 48.5. The van der Waals surface area contributed by atoms with Crippen LogP contribution in [0, 0.1) is 10.8 Å². The molecule has 3 nitrogen and oxygen atoms in total. The SMILES string of the molecule is CC1(C)Cc2ccc(N3c4cc5c(cc4B4c6ccc(-c7ccccc7)cc6N(c6cccc(-c7ccccc7)c6)c6cc(N7c8ccc(-c9ccc(C(C)(C)C)cc9)cc8C8(C)CCCCC78C)cc3c64)CC(C)(C)C5)cc2C1. The molecule has 9 aromatic carbocycles. The average molecular weight is 1040 g/mol. The minimum absolute atomic E-state index is 0.00433. The molecule has 2 atom stereocenters. The van der Waals surface area contributed by atoms with Crippen molar-refractivity contribution in [3.63, 3.8) is 0 Å². The Kier molecular flexibility index (Phi) is 10.8. The van der Waals surface area contributed by atoms with E-state index in [4.69, 9.17) is 0 Å². The standard InChI is InChI=1S/C76H74BN3/c1-72(2,3)59-30-25-51(26-31-59)53-29-34-66-63(39-53)75(8)35-16-17-36-76(75,9)80(66)62-43-69-71-70(44-62)79(61-32-27-55-45-73(4,5)46-56(55)38-61)68-42-58-48-74(6,7)47-57(58)40-65(68)77(71)64-33-28-54(50-21-14-11-15-22-50)41-67(64)78(69)60-24-18-23-52(37-60)49-19-12-10-13-20-49/h10-15,18-34,37-44H,16-17,35-36,45-48H2,1-9H3. The molecule has 0 amide bonds. The van der Waals surface area contributed by atoms with Gasteiger partial charge in [0.05, 0.1) is 5.54 Å². The van der Waals surface area contributed by atoms with Crippen molar-refractivity contribution < 1.29 is 0 Å². The summed E-state index contributed by atoms with van der Waals surface area (Å²) in [4.78, 5) is 8.25. The third-order valence-electron chi connectivity index (χ3n) is 20.3. The minimum atomic E-state index is -0.184. The van der Waals surface area contributed by atoms with Gasteiger partial charge in [-0.15, -0.1) is 0 Å². The lowest BCUT2D eigenvalue weighted by atomic mass is 9.33. The molecular formula is C76H74BN3. The maximum Gasteiger partial charge on any atom is 0.252 e. The van der Waals surface area contributed by atoms with Gasteiger partial charge in [0.1, 0.15) is 0 Å². The van der Waals surface area contributed by atoms with E-state index in [9.17, 15) is 0 Å². The number of anilines is 8. The number of hydrogen-bond donors (Lipinski definition) is 0. The second-order valence-corrected chi connectivity index (χ2v) is 27.9. The summed E-state index contributed by atoms with van der Waals surface area (Å²) in [6.07, 6.45) is 9.07. The Morgan fingerprint density at radius 2 is 0.925 bits per heavy atom. The van der Waals surface area contributed by atoms with E-state index >= 15 is 0 Å². The quantitative estimate of drug-likeness (QED) is 0.154. The lowest BCUT2D eigenvalue weighted by molar-refractivity contribution is 0.195. The second-order valence-electron chi connectivity index (χ2n) is 27.9. The number of rotatable bonds is 6. The van der Waals surface area contributed by atoms with Crippen LogP contribution in [0.3, 0.4) is 0 Å². The molecule has 1 fully saturated rings. The van der Waals surface area contributed by atoms with Gasteiger partial charge >= 0.3 is 0 Å². The lowest BCUT2D eigenvalue weighted by Crippen LogP contribution is -2.61. The van der Waals surface area contributed by atoms with E-state index in [-0.39, 0.29) is 33.9 Å². The zero-order valence-electron chi connectivity index (χ0n) is 48.5. The fourth-order valence-corrected chi connectivity index (χ4v) is 16.2. The van der Waals surface area contributed by atoms with Crippen LogP contribution in [-0.2, 0) is 36.5 Å². The Morgan fingerprint density at radius 3 is 1.60 bits per heavy atom. The maximum absolute atomic E-state index is 2.85. The molecule has 1 saturated carbocycles. The third kappa shape index (κ3) is 7.60. The number of hydrogen-bond acceptors (Lipinski definition) is 3. The first kappa shape index (κ1) is 49.5. The Labute approximate surface area is 476 Å². The fourth-order valence-electron chi connectivity index (χ4n) is 16.2. The van der Waals surface area contributed by atoms with Gasteiger partial charge < -0.3 is 14.7 Å². The summed E-state index contributed by atoms with van der Waals surface area (Å²) in [6.45, 7) is 22.0. The van der Waals surface area contributed by atoms with Gasteiger partial charge in [-0.1, -0.05) is 196 Å². The number of fused-ring (bicyclic) bond motifs is 9. The molecule has 396 valence electrons. The van der Waals surface area contributed by atoms with Crippen molar-refractivity contribution in [2.75, 3.05) is 14.7 Å². The summed E-state index contributed by atoms with van der Waals surface area (Å²) in [5, 5.41) is 0. The molecule has 80 heavy (non-hydrogen) atoms. The molecule has 0 aromatic heterocycles. The Hall–Kier alpha value is -7.56. The molecule has 3 heterocycles. The van der Waals surface area contributed by atoms with Crippen LogP contribution in [0.2, 0.25) is 0 Å². The van der Waals surface area contributed by atoms with Crippen LogP contribution in [0.4, 0.5) is 45.5 Å². The monoisotopic (exact) mass is 1040 g/mol. The highest BCUT2D eigenvalue weighted by atomic mass is 15.3. The summed E-state index contributed by atoms with van der Waals surface area (Å²) in [7, 11) is 0. The summed E-state index contributed by atoms with van der Waals surface area (Å²) in [5.74, 6) is 0. The van der Waals surface area contributed by atoms with Crippen LogP contribution in [-0.4, -0.2) is 12.3 Å². The van der Waals surface area contributed by atoms with Crippen LogP contribution < -0.4 is 31.1 Å². The van der Waals surface area contributed by atoms with Crippen LogP contribution in [0.25, 0.3) is 33.4 Å². The van der Waals surface area contributed by atoms with Crippen molar-refractivity contribution >= 4 is 68.6 Å². The van der Waals surface area contributed by atoms with E-state index in [0.29, 0.717) is 0 Å². The summed E-state index contributed by atoms with van der Waals surface area (Å²) < 4.78 is 0. The van der Waals surface area contributed by atoms with E-state index < -0.39 is 0 Å². The van der Waals surface area contributed by atoms with Gasteiger partial charge in [0.25, 0.3) is 6.71 Å². The van der Waals surface area contributed by atoms with E-state index in [1.807, 2.05) is 0 Å². The first-order valence-electron chi connectivity index (χ1n) is 29.9. The maximum atomic E-state index is 2.85. The first-order chi connectivity index (χ1) is 38.4. The van der Waals surface area contributed by atoms with Crippen LogP contribution in [0.5, 0.6) is 0 Å². The highest BCUT2D eigenvalue weighted by molar-refractivity contribution is 7.00. The summed E-state index contributed by atoms with van der Waals surface area (Å²) in [5.41, 5.74) is 30.9. The van der Waals surface area contributed by atoms with Gasteiger partial charge in [0.2, 0.25) is 0 Å². The van der Waals surface area contributed by atoms with E-state index in [0.717, 1.165) is 38.5 Å². The molecule has 3 aliphatic heterocycles. The van der Waals surface area contributed by atoms with Gasteiger partial charge in [0, 0.05) is 50.9 Å². The molecule has 6 aliphatic rings. The smallest absolute Gasteiger partial charge is 0.252 e. The van der Waals surface area contributed by atoms with Gasteiger partial charge in [0.15, 0.2) is 0 Å². The molecule has 0 radical (unpaired) electrons. The molecule has 0 saturated heterocycles. The fraction of sp³-hybridized carbons (Fsp3) is 0.289. The largest absolute Gasteiger partial charge is 0.334 e. The van der Waals surface area contributed by atoms with E-state index in [1.54, 1.807) is 0 Å². The molecule has 0 N–H and O–H groups in total. The van der Waals surface area contributed by atoms with Crippen molar-refractivity contribution in [1.82, 2.24) is 0 Å². The molecule has 15 rings (SSSR count). The van der Waals surface area contributed by atoms with Crippen molar-refractivity contribution in [3.8, 4) is 33.4 Å². The lowest BCUT2D eigenvalue weighted by Gasteiger charge is -2.51. The Balaban J connectivity index is 1.03. The topological polar surface area (TPSA) is 9.72 Å². The van der Waals surface area contributed by atoms with Gasteiger partial charge in [-0.3, -0.25) is 0 Å². The van der Waals surface area contributed by atoms with Crippen LogP contribution in [0.1, 0.15) is 121 Å². The predicted molar refractivity (Wildman–Crippen MR) is 341 cm³/mol. The molecule has 0 bridgehead atoms.